The number of nitrogens with zero attached hydrogens (tertiary/aromatic N) is 2. The van der Waals surface area contributed by atoms with Crippen molar-refractivity contribution in [1.82, 2.24) is 9.66 Å². The van der Waals surface area contributed by atoms with E-state index >= 15 is 0 Å². The minimum Gasteiger partial charge on any atom is -0.289 e. The third-order valence-electron chi connectivity index (χ3n) is 4.25. The van der Waals surface area contributed by atoms with Crippen LogP contribution in [0.5, 0.6) is 0 Å². The lowest BCUT2D eigenvalue weighted by Gasteiger charge is -2.16. The number of halogens is 5. The molecular formula is C18H14Cl2F3N3O3S. The van der Waals surface area contributed by atoms with Gasteiger partial charge in [-0.15, -0.1) is 0 Å². The van der Waals surface area contributed by atoms with Gasteiger partial charge < -0.3 is 0 Å². The van der Waals surface area contributed by atoms with Crippen molar-refractivity contribution in [3.05, 3.63) is 62.6 Å². The quantitative estimate of drug-likeness (QED) is 0.582. The summed E-state index contributed by atoms with van der Waals surface area (Å²) in [5.41, 5.74) is 0.408. The molecule has 0 spiro atoms. The lowest BCUT2D eigenvalue weighted by Crippen LogP contribution is -2.28. The first-order chi connectivity index (χ1) is 13.8. The minimum atomic E-state index is -4.72. The maximum absolute atomic E-state index is 13.1. The number of rotatable bonds is 4. The number of anilines is 1. The molecule has 0 saturated carbocycles. The van der Waals surface area contributed by atoms with E-state index < -0.39 is 32.4 Å². The van der Waals surface area contributed by atoms with Gasteiger partial charge in [0.1, 0.15) is 6.33 Å². The lowest BCUT2D eigenvalue weighted by atomic mass is 10.1. The molecule has 2 aromatic carbocycles. The number of fused-ring (bicyclic) bond motifs is 1. The smallest absolute Gasteiger partial charge is 0.289 e. The zero-order valence-electron chi connectivity index (χ0n) is 15.5. The van der Waals surface area contributed by atoms with Crippen LogP contribution in [-0.4, -0.2) is 23.3 Å². The fourth-order valence-electron chi connectivity index (χ4n) is 2.66. The predicted molar refractivity (Wildman–Crippen MR) is 109 cm³/mol. The minimum absolute atomic E-state index is 0.0301. The SMILES string of the molecule is CC(C)S(=O)(=O)c1ccc(Cl)cc1Nn1cnc2c(Cl)cc(C(F)(F)F)cc2c1=O. The standard InChI is InChI=1S/C18H14Cl2F3N3O3S/c1-9(2)30(28,29)15-4-3-11(19)7-14(15)25-26-8-24-16-12(17(26)27)5-10(6-13(16)20)18(21,22)23/h3-9,25H,1-2H3. The van der Waals surface area contributed by atoms with Gasteiger partial charge in [0.05, 0.1) is 37.3 Å². The molecule has 0 amide bonds. The Morgan fingerprint density at radius 1 is 1.13 bits per heavy atom. The van der Waals surface area contributed by atoms with E-state index in [2.05, 4.69) is 10.4 Å². The Morgan fingerprint density at radius 2 is 1.80 bits per heavy atom. The summed E-state index contributed by atoms with van der Waals surface area (Å²) in [6.07, 6.45) is -3.72. The van der Waals surface area contributed by atoms with Crippen LogP contribution in [0, 0.1) is 0 Å². The molecular weight excluding hydrogens is 466 g/mol. The Morgan fingerprint density at radius 3 is 2.40 bits per heavy atom. The summed E-state index contributed by atoms with van der Waals surface area (Å²) in [6, 6.07) is 5.25. The molecule has 6 nitrogen and oxygen atoms in total. The van der Waals surface area contributed by atoms with Crippen LogP contribution < -0.4 is 11.0 Å². The van der Waals surface area contributed by atoms with Gasteiger partial charge in [-0.3, -0.25) is 10.2 Å². The summed E-state index contributed by atoms with van der Waals surface area (Å²) in [5, 5.41) is -1.31. The Hall–Kier alpha value is -2.30. The maximum Gasteiger partial charge on any atom is 0.416 e. The van der Waals surface area contributed by atoms with E-state index in [1.165, 1.54) is 32.0 Å². The van der Waals surface area contributed by atoms with Crippen LogP contribution in [0.4, 0.5) is 18.9 Å². The topological polar surface area (TPSA) is 81.1 Å². The molecule has 0 atom stereocenters. The number of nitrogens with one attached hydrogen (secondary N) is 1. The summed E-state index contributed by atoms with van der Waals surface area (Å²) in [7, 11) is -3.76. The van der Waals surface area contributed by atoms with Crippen LogP contribution in [0.1, 0.15) is 19.4 Å². The molecule has 0 aliphatic rings. The normalized spacial score (nSPS) is 12.5. The van der Waals surface area contributed by atoms with E-state index in [9.17, 15) is 26.4 Å². The van der Waals surface area contributed by atoms with Crippen molar-refractivity contribution >= 4 is 49.6 Å². The summed E-state index contributed by atoms with van der Waals surface area (Å²) in [5.74, 6) is 0. The van der Waals surface area contributed by atoms with E-state index in [4.69, 9.17) is 23.2 Å². The maximum atomic E-state index is 13.1. The van der Waals surface area contributed by atoms with E-state index in [0.29, 0.717) is 12.1 Å². The molecule has 0 aliphatic heterocycles. The predicted octanol–water partition coefficient (Wildman–Crippen LogP) is 4.78. The third-order valence-corrected chi connectivity index (χ3v) is 6.99. The molecule has 1 aromatic heterocycles. The van der Waals surface area contributed by atoms with Gasteiger partial charge in [0.25, 0.3) is 5.56 Å². The zero-order chi connectivity index (χ0) is 22.4. The van der Waals surface area contributed by atoms with Gasteiger partial charge >= 0.3 is 6.18 Å². The van der Waals surface area contributed by atoms with E-state index in [-0.39, 0.29) is 31.5 Å². The van der Waals surface area contributed by atoms with Crippen molar-refractivity contribution in [2.24, 2.45) is 0 Å². The third kappa shape index (κ3) is 4.12. The average molecular weight is 480 g/mol. The van der Waals surface area contributed by atoms with Gasteiger partial charge in [0.2, 0.25) is 0 Å². The first-order valence-corrected chi connectivity index (χ1v) is 10.7. The van der Waals surface area contributed by atoms with Gasteiger partial charge in [-0.1, -0.05) is 23.2 Å². The molecule has 160 valence electrons. The van der Waals surface area contributed by atoms with Crippen molar-refractivity contribution in [3.63, 3.8) is 0 Å². The summed E-state index contributed by atoms with van der Waals surface area (Å²) < 4.78 is 65.3. The second-order valence-electron chi connectivity index (χ2n) is 6.62. The molecule has 0 fully saturated rings. The molecule has 30 heavy (non-hydrogen) atoms. The van der Waals surface area contributed by atoms with Crippen molar-refractivity contribution in [3.8, 4) is 0 Å². The Bertz CT molecular complexity index is 1310. The first kappa shape index (κ1) is 22.4. The Kier molecular flexibility index (Phi) is 5.78. The molecule has 3 aromatic rings. The molecule has 3 rings (SSSR count). The van der Waals surface area contributed by atoms with Crippen molar-refractivity contribution in [1.29, 1.82) is 0 Å². The fraction of sp³-hybridized carbons (Fsp3) is 0.222. The Balaban J connectivity index is 2.20. The van der Waals surface area contributed by atoms with Gasteiger partial charge in [0, 0.05) is 5.02 Å². The number of aromatic nitrogens is 2. The highest BCUT2D eigenvalue weighted by Gasteiger charge is 2.32. The second kappa shape index (κ2) is 7.75. The van der Waals surface area contributed by atoms with Gasteiger partial charge in [-0.25, -0.2) is 18.1 Å². The fourth-order valence-corrected chi connectivity index (χ4v) is 4.27. The summed E-state index contributed by atoms with van der Waals surface area (Å²) >= 11 is 11.8. The molecule has 0 bridgehead atoms. The molecule has 0 radical (unpaired) electrons. The van der Waals surface area contributed by atoms with Gasteiger partial charge in [-0.05, 0) is 44.2 Å². The highest BCUT2D eigenvalue weighted by molar-refractivity contribution is 7.92. The Labute approximate surface area is 179 Å². The lowest BCUT2D eigenvalue weighted by molar-refractivity contribution is -0.137. The number of hydrogen-bond acceptors (Lipinski definition) is 5. The number of benzene rings is 2. The van der Waals surface area contributed by atoms with Crippen LogP contribution in [-0.2, 0) is 16.0 Å². The second-order valence-corrected chi connectivity index (χ2v) is 9.93. The zero-order valence-corrected chi connectivity index (χ0v) is 17.8. The van der Waals surface area contributed by atoms with Crippen LogP contribution in [0.2, 0.25) is 10.0 Å². The van der Waals surface area contributed by atoms with Crippen LogP contribution in [0.3, 0.4) is 0 Å². The van der Waals surface area contributed by atoms with E-state index in [0.717, 1.165) is 11.0 Å². The van der Waals surface area contributed by atoms with E-state index in [1.54, 1.807) is 0 Å². The molecule has 1 heterocycles. The van der Waals surface area contributed by atoms with E-state index in [1.807, 2.05) is 0 Å². The van der Waals surface area contributed by atoms with Crippen molar-refractivity contribution in [2.75, 3.05) is 5.43 Å². The van der Waals surface area contributed by atoms with Crippen LogP contribution in [0.25, 0.3) is 10.9 Å². The number of alkyl halides is 3. The molecule has 0 saturated heterocycles. The average Bonchev–Trinajstić information content (AvgIpc) is 2.63. The highest BCUT2D eigenvalue weighted by atomic mass is 35.5. The molecule has 0 unspecified atom stereocenters. The van der Waals surface area contributed by atoms with Crippen LogP contribution >= 0.6 is 23.2 Å². The van der Waals surface area contributed by atoms with Gasteiger partial charge in [-0.2, -0.15) is 13.2 Å². The summed E-state index contributed by atoms with van der Waals surface area (Å²) in [4.78, 5) is 16.6. The largest absolute Gasteiger partial charge is 0.416 e. The van der Waals surface area contributed by atoms with Crippen LogP contribution in [0.15, 0.2) is 46.3 Å². The van der Waals surface area contributed by atoms with Crippen molar-refractivity contribution in [2.45, 2.75) is 30.2 Å². The molecule has 12 heteroatoms. The van der Waals surface area contributed by atoms with Gasteiger partial charge in [0.15, 0.2) is 9.84 Å². The number of sulfone groups is 1. The first-order valence-electron chi connectivity index (χ1n) is 8.41. The van der Waals surface area contributed by atoms with Crippen molar-refractivity contribution < 1.29 is 21.6 Å². The monoisotopic (exact) mass is 479 g/mol. The molecule has 1 N–H and O–H groups in total. The molecule has 0 aliphatic carbocycles. The number of hydrogen-bond donors (Lipinski definition) is 1. The highest BCUT2D eigenvalue weighted by Crippen LogP contribution is 2.34. The summed E-state index contributed by atoms with van der Waals surface area (Å²) in [6.45, 7) is 2.97.